The highest BCUT2D eigenvalue weighted by Gasteiger charge is 1.97. The van der Waals surface area contributed by atoms with E-state index in [4.69, 9.17) is 25.5 Å². The van der Waals surface area contributed by atoms with Crippen molar-refractivity contribution in [3.05, 3.63) is 10.4 Å². The van der Waals surface area contributed by atoms with Gasteiger partial charge < -0.3 is 19.9 Å². The first-order valence-electron chi connectivity index (χ1n) is 4.84. The van der Waals surface area contributed by atoms with E-state index < -0.39 is 6.17 Å². The van der Waals surface area contributed by atoms with Gasteiger partial charge in [0.2, 0.25) is 0 Å². The van der Waals surface area contributed by atoms with Gasteiger partial charge in [0, 0.05) is 11.5 Å². The zero-order valence-electron chi connectivity index (χ0n) is 8.96. The maximum Gasteiger partial charge on any atom is 0.107 e. The van der Waals surface area contributed by atoms with Crippen LogP contribution in [0.25, 0.3) is 10.4 Å². The summed E-state index contributed by atoms with van der Waals surface area (Å²) >= 11 is 0. The Hall–Kier alpha value is -0.850. The van der Waals surface area contributed by atoms with Crippen LogP contribution in [0.3, 0.4) is 0 Å². The Bertz CT molecular complexity index is 185. The molecule has 7 nitrogen and oxygen atoms in total. The maximum atomic E-state index is 8.04. The Morgan fingerprint density at radius 3 is 2.40 bits per heavy atom. The molecule has 0 amide bonds. The van der Waals surface area contributed by atoms with Crippen LogP contribution in [0.2, 0.25) is 0 Å². The Morgan fingerprint density at radius 1 is 1.20 bits per heavy atom. The predicted molar refractivity (Wildman–Crippen MR) is 55.3 cm³/mol. The van der Waals surface area contributed by atoms with Crippen molar-refractivity contribution < 1.29 is 14.2 Å². The van der Waals surface area contributed by atoms with Crippen LogP contribution >= 0.6 is 0 Å². The molecule has 0 spiro atoms. The van der Waals surface area contributed by atoms with Crippen molar-refractivity contribution in [3.63, 3.8) is 0 Å². The molecule has 2 N–H and O–H groups in total. The predicted octanol–water partition coefficient (Wildman–Crippen LogP) is 0.651. The lowest BCUT2D eigenvalue weighted by Gasteiger charge is -2.07. The number of azide groups is 1. The summed E-state index contributed by atoms with van der Waals surface area (Å²) in [6, 6.07) is 0. The number of hydrogen-bond acceptors (Lipinski definition) is 5. The molecule has 15 heavy (non-hydrogen) atoms. The molecular weight excluding hydrogens is 200 g/mol. The molecule has 0 aromatic carbocycles. The van der Waals surface area contributed by atoms with E-state index in [1.165, 1.54) is 0 Å². The molecule has 0 heterocycles. The average Bonchev–Trinajstić information content (AvgIpc) is 2.22. The SMILES string of the molecule is CCOCCOCCOC[C@@H](N)N=[N+]=[N-]. The highest BCUT2D eigenvalue weighted by atomic mass is 16.5. The lowest BCUT2D eigenvalue weighted by atomic mass is 10.6. The summed E-state index contributed by atoms with van der Waals surface area (Å²) in [5.41, 5.74) is 13.4. The molecule has 0 aliphatic heterocycles. The van der Waals surface area contributed by atoms with Gasteiger partial charge in [-0.05, 0) is 12.5 Å². The standard InChI is InChI=1S/C8H18N4O3/c1-2-13-3-4-14-5-6-15-7-8(9)11-12-10/h8H,2-7,9H2,1H3/t8-/m0/s1. The van der Waals surface area contributed by atoms with E-state index in [9.17, 15) is 0 Å². The minimum absolute atomic E-state index is 0.207. The molecule has 0 aromatic heterocycles. The van der Waals surface area contributed by atoms with Crippen LogP contribution in [0.5, 0.6) is 0 Å². The lowest BCUT2D eigenvalue weighted by molar-refractivity contribution is 0.0146. The summed E-state index contributed by atoms with van der Waals surface area (Å²) in [4.78, 5) is 2.56. The Labute approximate surface area is 89.1 Å². The third-order valence-corrected chi connectivity index (χ3v) is 1.44. The molecule has 0 aliphatic carbocycles. The molecule has 7 heteroatoms. The van der Waals surface area contributed by atoms with Gasteiger partial charge in [-0.2, -0.15) is 0 Å². The number of hydrogen-bond donors (Lipinski definition) is 1. The monoisotopic (exact) mass is 218 g/mol. The van der Waals surface area contributed by atoms with Crippen molar-refractivity contribution in [2.24, 2.45) is 10.8 Å². The first-order chi connectivity index (χ1) is 7.31. The minimum Gasteiger partial charge on any atom is -0.379 e. The second-order valence-corrected chi connectivity index (χ2v) is 2.66. The Morgan fingerprint density at radius 2 is 1.80 bits per heavy atom. The van der Waals surface area contributed by atoms with Gasteiger partial charge >= 0.3 is 0 Å². The van der Waals surface area contributed by atoms with Crippen LogP contribution in [0.4, 0.5) is 0 Å². The first kappa shape index (κ1) is 14.2. The molecule has 0 radical (unpaired) electrons. The summed E-state index contributed by atoms with van der Waals surface area (Å²) in [6.07, 6.45) is -0.626. The van der Waals surface area contributed by atoms with E-state index in [0.717, 1.165) is 0 Å². The van der Waals surface area contributed by atoms with E-state index >= 15 is 0 Å². The zero-order valence-corrected chi connectivity index (χ0v) is 8.96. The third-order valence-electron chi connectivity index (χ3n) is 1.44. The summed E-state index contributed by atoms with van der Waals surface area (Å²) in [6.45, 7) is 4.89. The highest BCUT2D eigenvalue weighted by molar-refractivity contribution is 4.56. The van der Waals surface area contributed by atoms with Crippen molar-refractivity contribution in [1.29, 1.82) is 0 Å². The highest BCUT2D eigenvalue weighted by Crippen LogP contribution is 1.85. The van der Waals surface area contributed by atoms with Gasteiger partial charge in [0.1, 0.15) is 6.17 Å². The van der Waals surface area contributed by atoms with Crippen molar-refractivity contribution in [2.75, 3.05) is 39.6 Å². The van der Waals surface area contributed by atoms with E-state index in [2.05, 4.69) is 10.0 Å². The smallest absolute Gasteiger partial charge is 0.107 e. The molecule has 88 valence electrons. The molecule has 0 rings (SSSR count). The van der Waals surface area contributed by atoms with Crippen LogP contribution in [0, 0.1) is 0 Å². The molecule has 0 aliphatic rings. The van der Waals surface area contributed by atoms with E-state index in [1.807, 2.05) is 6.92 Å². The van der Waals surface area contributed by atoms with Crippen molar-refractivity contribution in [2.45, 2.75) is 13.1 Å². The number of nitrogens with zero attached hydrogens (tertiary/aromatic N) is 3. The second-order valence-electron chi connectivity index (χ2n) is 2.66. The topological polar surface area (TPSA) is 102 Å². The lowest BCUT2D eigenvalue weighted by Crippen LogP contribution is -2.24. The summed E-state index contributed by atoms with van der Waals surface area (Å²) in [7, 11) is 0. The van der Waals surface area contributed by atoms with Crippen LogP contribution in [-0.2, 0) is 14.2 Å². The summed E-state index contributed by atoms with van der Waals surface area (Å²) in [5, 5.41) is 3.26. The molecule has 0 unspecified atom stereocenters. The van der Waals surface area contributed by atoms with Crippen molar-refractivity contribution in [3.8, 4) is 0 Å². The van der Waals surface area contributed by atoms with Crippen molar-refractivity contribution >= 4 is 0 Å². The van der Waals surface area contributed by atoms with Crippen LogP contribution in [-0.4, -0.2) is 45.8 Å². The largest absolute Gasteiger partial charge is 0.379 e. The Kier molecular flexibility index (Phi) is 10.6. The van der Waals surface area contributed by atoms with E-state index in [1.54, 1.807) is 0 Å². The Balaban J connectivity index is 3.07. The first-order valence-corrected chi connectivity index (χ1v) is 4.84. The fourth-order valence-corrected chi connectivity index (χ4v) is 0.786. The fourth-order valence-electron chi connectivity index (χ4n) is 0.786. The van der Waals surface area contributed by atoms with Gasteiger partial charge in [-0.15, -0.1) is 0 Å². The quantitative estimate of drug-likeness (QED) is 0.251. The van der Waals surface area contributed by atoms with Gasteiger partial charge in [-0.1, -0.05) is 5.11 Å². The summed E-state index contributed by atoms with van der Waals surface area (Å²) in [5.74, 6) is 0. The summed E-state index contributed by atoms with van der Waals surface area (Å²) < 4.78 is 15.4. The van der Waals surface area contributed by atoms with Gasteiger partial charge in [-0.25, -0.2) is 0 Å². The van der Waals surface area contributed by atoms with Gasteiger partial charge in [-0.3, -0.25) is 0 Å². The molecule has 0 saturated carbocycles. The molecule has 1 atom stereocenters. The second kappa shape index (κ2) is 11.2. The normalized spacial score (nSPS) is 12.1. The van der Waals surface area contributed by atoms with Crippen molar-refractivity contribution in [1.82, 2.24) is 0 Å². The molecule has 0 fully saturated rings. The third kappa shape index (κ3) is 11.1. The molecule has 0 bridgehead atoms. The number of nitrogens with two attached hydrogens (primary N) is 1. The fraction of sp³-hybridized carbons (Fsp3) is 1.00. The number of ether oxygens (including phenoxy) is 3. The molecule has 0 aromatic rings. The van der Waals surface area contributed by atoms with Crippen LogP contribution < -0.4 is 5.73 Å². The average molecular weight is 218 g/mol. The van der Waals surface area contributed by atoms with Crippen LogP contribution in [0.15, 0.2) is 5.11 Å². The number of rotatable bonds is 10. The van der Waals surface area contributed by atoms with Gasteiger partial charge in [0.15, 0.2) is 0 Å². The maximum absolute atomic E-state index is 8.04. The zero-order chi connectivity index (χ0) is 11.4. The van der Waals surface area contributed by atoms with E-state index in [-0.39, 0.29) is 6.61 Å². The molecular formula is C8H18N4O3. The van der Waals surface area contributed by atoms with Gasteiger partial charge in [0.05, 0.1) is 33.0 Å². The van der Waals surface area contributed by atoms with E-state index in [0.29, 0.717) is 33.0 Å². The van der Waals surface area contributed by atoms with Gasteiger partial charge in [0.25, 0.3) is 0 Å². The minimum atomic E-state index is -0.626. The van der Waals surface area contributed by atoms with Crippen LogP contribution in [0.1, 0.15) is 6.92 Å². The molecule has 0 saturated heterocycles.